The highest BCUT2D eigenvalue weighted by molar-refractivity contribution is 5.74. The topological polar surface area (TPSA) is 48.6 Å². The fourth-order valence-electron chi connectivity index (χ4n) is 1.00. The average molecular weight is 152 g/mol. The molecule has 0 aliphatic rings. The summed E-state index contributed by atoms with van der Waals surface area (Å²) in [6.07, 6.45) is 2.64. The van der Waals surface area contributed by atoms with Gasteiger partial charge in [0.15, 0.2) is 5.82 Å². The molecule has 0 aromatic carbocycles. The van der Waals surface area contributed by atoms with Crippen LogP contribution in [0.3, 0.4) is 0 Å². The van der Waals surface area contributed by atoms with E-state index in [2.05, 4.69) is 9.97 Å². The van der Waals surface area contributed by atoms with Gasteiger partial charge in [-0.1, -0.05) is 0 Å². The van der Waals surface area contributed by atoms with Crippen molar-refractivity contribution in [1.29, 1.82) is 0 Å². The molecule has 0 amide bonds. The molecule has 0 aliphatic carbocycles. The summed E-state index contributed by atoms with van der Waals surface area (Å²) in [5, 5.41) is 0. The van der Waals surface area contributed by atoms with E-state index in [-0.39, 0.29) is 5.52 Å². The van der Waals surface area contributed by atoms with Gasteiger partial charge in [-0.2, -0.15) is 0 Å². The van der Waals surface area contributed by atoms with Gasteiger partial charge < -0.3 is 9.97 Å². The number of fused-ring (bicyclic) bond motifs is 1. The van der Waals surface area contributed by atoms with Gasteiger partial charge in [-0.15, -0.1) is 0 Å². The second-order valence-corrected chi connectivity index (χ2v) is 2.23. The second-order valence-electron chi connectivity index (χ2n) is 2.23. The van der Waals surface area contributed by atoms with Gasteiger partial charge in [-0.25, -0.2) is 4.39 Å². The van der Waals surface area contributed by atoms with Gasteiger partial charge in [0.25, 0.3) is 0 Å². The molecule has 11 heavy (non-hydrogen) atoms. The van der Waals surface area contributed by atoms with Crippen molar-refractivity contribution >= 4 is 11.0 Å². The number of hydrogen-bond acceptors (Lipinski definition) is 1. The first kappa shape index (κ1) is 6.15. The number of aromatic amines is 2. The predicted molar refractivity (Wildman–Crippen MR) is 38.9 cm³/mol. The standard InChI is InChI=1S/C7H5FN2O/c8-4-3-10-5-1-2-9-6(5)7(4)11/h1-3,9H,(H,10,11). The predicted octanol–water partition coefficient (Wildman–Crippen LogP) is 0.995. The second kappa shape index (κ2) is 1.95. The minimum atomic E-state index is -0.764. The maximum Gasteiger partial charge on any atom is 0.241 e. The minimum absolute atomic E-state index is 0.282. The lowest BCUT2D eigenvalue weighted by Gasteiger charge is -1.88. The normalized spacial score (nSPS) is 10.6. The molecule has 0 radical (unpaired) electrons. The summed E-state index contributed by atoms with van der Waals surface area (Å²) in [7, 11) is 0. The molecule has 0 saturated carbocycles. The first-order valence-electron chi connectivity index (χ1n) is 3.13. The van der Waals surface area contributed by atoms with Crippen LogP contribution in [0.1, 0.15) is 0 Å². The van der Waals surface area contributed by atoms with Gasteiger partial charge in [0.2, 0.25) is 5.43 Å². The fourth-order valence-corrected chi connectivity index (χ4v) is 1.00. The Labute approximate surface area is 60.9 Å². The number of hydrogen-bond donors (Lipinski definition) is 2. The quantitative estimate of drug-likeness (QED) is 0.581. The Kier molecular flexibility index (Phi) is 1.09. The molecule has 2 heterocycles. The van der Waals surface area contributed by atoms with Crippen molar-refractivity contribution in [3.8, 4) is 0 Å². The van der Waals surface area contributed by atoms with Crippen LogP contribution in [0, 0.1) is 5.82 Å². The summed E-state index contributed by atoms with van der Waals surface area (Å²) in [4.78, 5) is 16.2. The summed E-state index contributed by atoms with van der Waals surface area (Å²) < 4.78 is 12.6. The highest BCUT2D eigenvalue weighted by Gasteiger charge is 2.02. The van der Waals surface area contributed by atoms with E-state index in [9.17, 15) is 9.18 Å². The van der Waals surface area contributed by atoms with E-state index >= 15 is 0 Å². The summed E-state index contributed by atoms with van der Waals surface area (Å²) in [6.45, 7) is 0. The van der Waals surface area contributed by atoms with Crippen LogP contribution in [0.2, 0.25) is 0 Å². The van der Waals surface area contributed by atoms with Crippen LogP contribution in [-0.2, 0) is 0 Å². The molecule has 2 rings (SSSR count). The highest BCUT2D eigenvalue weighted by atomic mass is 19.1. The van der Waals surface area contributed by atoms with E-state index in [4.69, 9.17) is 0 Å². The van der Waals surface area contributed by atoms with Crippen molar-refractivity contribution in [3.63, 3.8) is 0 Å². The Morgan fingerprint density at radius 2 is 2.18 bits per heavy atom. The molecular formula is C7H5FN2O. The SMILES string of the molecule is O=c1c(F)c[nH]c2cc[nH]c12. The maximum atomic E-state index is 12.6. The molecule has 56 valence electrons. The lowest BCUT2D eigenvalue weighted by Crippen LogP contribution is -2.06. The van der Waals surface area contributed by atoms with Crippen molar-refractivity contribution in [2.45, 2.75) is 0 Å². The zero-order valence-electron chi connectivity index (χ0n) is 5.52. The molecular weight excluding hydrogens is 147 g/mol. The van der Waals surface area contributed by atoms with Crippen molar-refractivity contribution in [1.82, 2.24) is 9.97 Å². The zero-order valence-corrected chi connectivity index (χ0v) is 5.52. The van der Waals surface area contributed by atoms with Gasteiger partial charge in [-0.05, 0) is 6.07 Å². The molecule has 0 bridgehead atoms. The summed E-state index contributed by atoms with van der Waals surface area (Å²) in [5.74, 6) is -0.764. The third-order valence-electron chi connectivity index (χ3n) is 1.55. The molecule has 3 nitrogen and oxygen atoms in total. The first-order valence-corrected chi connectivity index (χ1v) is 3.13. The Hall–Kier alpha value is -1.58. The molecule has 0 fully saturated rings. The third kappa shape index (κ3) is 0.756. The van der Waals surface area contributed by atoms with Gasteiger partial charge in [-0.3, -0.25) is 4.79 Å². The highest BCUT2D eigenvalue weighted by Crippen LogP contribution is 2.03. The number of nitrogens with one attached hydrogen (secondary N) is 2. The number of rotatable bonds is 0. The molecule has 2 N–H and O–H groups in total. The Balaban J connectivity index is 3.05. The molecule has 2 aromatic heterocycles. The molecule has 0 spiro atoms. The monoisotopic (exact) mass is 152 g/mol. The van der Waals surface area contributed by atoms with Crippen molar-refractivity contribution in [2.75, 3.05) is 0 Å². The molecule has 4 heteroatoms. The summed E-state index contributed by atoms with van der Waals surface area (Å²) in [6, 6.07) is 1.68. The van der Waals surface area contributed by atoms with Crippen LogP contribution in [0.15, 0.2) is 23.3 Å². The van der Waals surface area contributed by atoms with Gasteiger partial charge >= 0.3 is 0 Å². The van der Waals surface area contributed by atoms with Crippen LogP contribution >= 0.6 is 0 Å². The third-order valence-corrected chi connectivity index (χ3v) is 1.55. The lowest BCUT2D eigenvalue weighted by atomic mass is 10.4. The molecule has 0 atom stereocenters. The van der Waals surface area contributed by atoms with Gasteiger partial charge in [0.1, 0.15) is 5.52 Å². The van der Waals surface area contributed by atoms with Crippen molar-refractivity contribution in [3.05, 3.63) is 34.5 Å². The summed E-state index contributed by atoms with van der Waals surface area (Å²) in [5.41, 5.74) is 0.310. The van der Waals surface area contributed by atoms with E-state index in [1.807, 2.05) is 0 Å². The Morgan fingerprint density at radius 3 is 3.00 bits per heavy atom. The molecule has 0 saturated heterocycles. The Bertz CT molecular complexity index is 443. The zero-order chi connectivity index (χ0) is 7.84. The fraction of sp³-hybridized carbons (Fsp3) is 0. The van der Waals surface area contributed by atoms with Gasteiger partial charge in [0, 0.05) is 12.4 Å². The van der Waals surface area contributed by atoms with Gasteiger partial charge in [0.05, 0.1) is 5.52 Å². The lowest BCUT2D eigenvalue weighted by molar-refractivity contribution is 0.614. The van der Waals surface area contributed by atoms with Crippen LogP contribution in [-0.4, -0.2) is 9.97 Å². The van der Waals surface area contributed by atoms with Crippen molar-refractivity contribution in [2.24, 2.45) is 0 Å². The molecule has 2 aromatic rings. The van der Waals surface area contributed by atoms with E-state index in [0.717, 1.165) is 6.20 Å². The number of H-pyrrole nitrogens is 2. The molecule has 0 unspecified atom stereocenters. The van der Waals surface area contributed by atoms with Crippen LogP contribution in [0.25, 0.3) is 11.0 Å². The maximum absolute atomic E-state index is 12.6. The smallest absolute Gasteiger partial charge is 0.241 e. The number of pyridine rings is 1. The summed E-state index contributed by atoms with van der Waals surface area (Å²) >= 11 is 0. The number of halogens is 1. The van der Waals surface area contributed by atoms with Crippen LogP contribution < -0.4 is 5.43 Å². The van der Waals surface area contributed by atoms with E-state index in [0.29, 0.717) is 5.52 Å². The average Bonchev–Trinajstić information content (AvgIpc) is 2.45. The minimum Gasteiger partial charge on any atom is -0.357 e. The van der Waals surface area contributed by atoms with Crippen LogP contribution in [0.5, 0.6) is 0 Å². The largest absolute Gasteiger partial charge is 0.357 e. The van der Waals surface area contributed by atoms with Crippen LogP contribution in [0.4, 0.5) is 4.39 Å². The van der Waals surface area contributed by atoms with E-state index in [1.54, 1.807) is 12.3 Å². The molecule has 0 aliphatic heterocycles. The Morgan fingerprint density at radius 1 is 1.36 bits per heavy atom. The van der Waals surface area contributed by atoms with Crippen molar-refractivity contribution < 1.29 is 4.39 Å². The van der Waals surface area contributed by atoms with E-state index < -0.39 is 11.2 Å². The first-order chi connectivity index (χ1) is 5.29. The number of aromatic nitrogens is 2. The van der Waals surface area contributed by atoms with E-state index in [1.165, 1.54) is 0 Å².